The molecule has 18 heavy (non-hydrogen) atoms. The molecule has 0 saturated carbocycles. The molecule has 0 atom stereocenters. The minimum absolute atomic E-state index is 0.119. The number of esters is 1. The Hall–Kier alpha value is -1.62. The highest BCUT2D eigenvalue weighted by molar-refractivity contribution is 6.29. The number of carbonyl (C=O) groups is 1. The second-order valence-corrected chi connectivity index (χ2v) is 4.39. The molecule has 0 aliphatic rings. The summed E-state index contributed by atoms with van der Waals surface area (Å²) in [6.07, 6.45) is 0.119. The number of aromatic nitrogens is 3. The highest BCUT2D eigenvalue weighted by Gasteiger charge is 2.13. The molecule has 2 aromatic rings. The molecule has 0 spiro atoms. The first kappa shape index (κ1) is 12.8. The Morgan fingerprint density at radius 2 is 2.22 bits per heavy atom. The van der Waals surface area contributed by atoms with Crippen LogP contribution in [0.3, 0.4) is 0 Å². The molecule has 2 rings (SSSR count). The van der Waals surface area contributed by atoms with E-state index < -0.39 is 0 Å². The van der Waals surface area contributed by atoms with Crippen molar-refractivity contribution < 1.29 is 9.53 Å². The molecule has 2 aromatic heterocycles. The van der Waals surface area contributed by atoms with Gasteiger partial charge < -0.3 is 4.74 Å². The Balaban J connectivity index is 2.42. The van der Waals surface area contributed by atoms with E-state index in [1.165, 1.54) is 0 Å². The summed E-state index contributed by atoms with van der Waals surface area (Å²) in [4.78, 5) is 15.8. The first-order chi connectivity index (χ1) is 8.52. The number of nitrogens with zero attached hydrogens (tertiary/aromatic N) is 3. The molecule has 2 heterocycles. The van der Waals surface area contributed by atoms with E-state index in [0.29, 0.717) is 23.1 Å². The van der Waals surface area contributed by atoms with Gasteiger partial charge in [-0.15, -0.1) is 0 Å². The molecular formula is C12H14ClN3O2. The zero-order chi connectivity index (χ0) is 13.3. The van der Waals surface area contributed by atoms with E-state index in [-0.39, 0.29) is 12.4 Å². The van der Waals surface area contributed by atoms with Gasteiger partial charge in [0.2, 0.25) is 0 Å². The summed E-state index contributed by atoms with van der Waals surface area (Å²) in [5.74, 6) is -0.306. The van der Waals surface area contributed by atoms with E-state index in [9.17, 15) is 4.79 Å². The van der Waals surface area contributed by atoms with Crippen molar-refractivity contribution in [1.82, 2.24) is 14.6 Å². The predicted octanol–water partition coefficient (Wildman–Crippen LogP) is 2.11. The minimum atomic E-state index is -0.306. The Bertz CT molecular complexity index is 607. The number of halogens is 1. The maximum atomic E-state index is 11.4. The molecule has 0 N–H and O–H groups in total. The standard InChI is InChI=1S/C12H14ClN3O2/c1-4-18-11(17)6-9-5-10(13)16-12(14-9)7(2)8(3)15-16/h5H,4,6H2,1-3H3. The van der Waals surface area contributed by atoms with Crippen LogP contribution in [0.15, 0.2) is 6.07 Å². The normalized spacial score (nSPS) is 10.9. The first-order valence-corrected chi connectivity index (χ1v) is 6.07. The number of aryl methyl sites for hydroxylation is 2. The summed E-state index contributed by atoms with van der Waals surface area (Å²) in [5, 5.41) is 4.72. The molecule has 0 unspecified atom stereocenters. The largest absolute Gasteiger partial charge is 0.466 e. The van der Waals surface area contributed by atoms with Crippen LogP contribution in [0, 0.1) is 13.8 Å². The van der Waals surface area contributed by atoms with E-state index in [0.717, 1.165) is 11.3 Å². The van der Waals surface area contributed by atoms with Crippen LogP contribution in [0.4, 0.5) is 0 Å². The Labute approximate surface area is 110 Å². The van der Waals surface area contributed by atoms with Gasteiger partial charge in [-0.05, 0) is 26.8 Å². The number of hydrogen-bond acceptors (Lipinski definition) is 4. The van der Waals surface area contributed by atoms with Gasteiger partial charge in [-0.25, -0.2) is 9.50 Å². The number of fused-ring (bicyclic) bond motifs is 1. The van der Waals surface area contributed by atoms with Crippen molar-refractivity contribution in [3.05, 3.63) is 28.2 Å². The fraction of sp³-hybridized carbons (Fsp3) is 0.417. The minimum Gasteiger partial charge on any atom is -0.466 e. The van der Waals surface area contributed by atoms with Gasteiger partial charge in [0.1, 0.15) is 5.15 Å². The molecule has 0 aromatic carbocycles. The van der Waals surface area contributed by atoms with Gasteiger partial charge in [0.05, 0.1) is 24.4 Å². The Morgan fingerprint density at radius 1 is 1.50 bits per heavy atom. The highest BCUT2D eigenvalue weighted by atomic mass is 35.5. The topological polar surface area (TPSA) is 56.5 Å². The fourth-order valence-electron chi connectivity index (χ4n) is 1.69. The van der Waals surface area contributed by atoms with Gasteiger partial charge in [-0.3, -0.25) is 4.79 Å². The van der Waals surface area contributed by atoms with Crippen LogP contribution in [0.1, 0.15) is 23.9 Å². The number of rotatable bonds is 3. The number of carbonyl (C=O) groups excluding carboxylic acids is 1. The van der Waals surface area contributed by atoms with Crippen molar-refractivity contribution in [2.24, 2.45) is 0 Å². The van der Waals surface area contributed by atoms with Gasteiger partial charge in [-0.1, -0.05) is 11.6 Å². The molecule has 0 aliphatic heterocycles. The van der Waals surface area contributed by atoms with Crippen LogP contribution in [0.25, 0.3) is 5.65 Å². The summed E-state index contributed by atoms with van der Waals surface area (Å²) < 4.78 is 6.46. The molecule has 0 radical (unpaired) electrons. The van der Waals surface area contributed by atoms with E-state index in [1.54, 1.807) is 17.5 Å². The van der Waals surface area contributed by atoms with Crippen molar-refractivity contribution in [1.29, 1.82) is 0 Å². The zero-order valence-corrected chi connectivity index (χ0v) is 11.3. The van der Waals surface area contributed by atoms with Crippen molar-refractivity contribution in [2.45, 2.75) is 27.2 Å². The molecule has 5 nitrogen and oxygen atoms in total. The Morgan fingerprint density at radius 3 is 2.89 bits per heavy atom. The SMILES string of the molecule is CCOC(=O)Cc1cc(Cl)n2nc(C)c(C)c2n1. The van der Waals surface area contributed by atoms with Gasteiger partial charge in [0.25, 0.3) is 0 Å². The van der Waals surface area contributed by atoms with Crippen LogP contribution in [-0.2, 0) is 16.0 Å². The van der Waals surface area contributed by atoms with E-state index in [2.05, 4.69) is 10.1 Å². The van der Waals surface area contributed by atoms with E-state index >= 15 is 0 Å². The smallest absolute Gasteiger partial charge is 0.311 e. The monoisotopic (exact) mass is 267 g/mol. The van der Waals surface area contributed by atoms with Crippen molar-refractivity contribution in [3.8, 4) is 0 Å². The second-order valence-electron chi connectivity index (χ2n) is 4.00. The van der Waals surface area contributed by atoms with Gasteiger partial charge in [-0.2, -0.15) is 5.10 Å². The summed E-state index contributed by atoms with van der Waals surface area (Å²) >= 11 is 6.12. The maximum Gasteiger partial charge on any atom is 0.311 e. The number of ether oxygens (including phenoxy) is 1. The van der Waals surface area contributed by atoms with Gasteiger partial charge in [0, 0.05) is 5.56 Å². The van der Waals surface area contributed by atoms with Crippen molar-refractivity contribution in [2.75, 3.05) is 6.61 Å². The lowest BCUT2D eigenvalue weighted by molar-refractivity contribution is -0.142. The van der Waals surface area contributed by atoms with Gasteiger partial charge in [0.15, 0.2) is 5.65 Å². The average molecular weight is 268 g/mol. The van der Waals surface area contributed by atoms with Crippen LogP contribution in [-0.4, -0.2) is 27.2 Å². The molecule has 0 aliphatic carbocycles. The van der Waals surface area contributed by atoms with Crippen molar-refractivity contribution >= 4 is 23.2 Å². The summed E-state index contributed by atoms with van der Waals surface area (Å²) in [5.41, 5.74) is 3.11. The molecule has 0 amide bonds. The van der Waals surface area contributed by atoms with E-state index in [4.69, 9.17) is 16.3 Å². The Kier molecular flexibility index (Phi) is 3.52. The van der Waals surface area contributed by atoms with Gasteiger partial charge >= 0.3 is 5.97 Å². The molecule has 0 saturated heterocycles. The maximum absolute atomic E-state index is 11.4. The zero-order valence-electron chi connectivity index (χ0n) is 10.5. The molecule has 0 fully saturated rings. The summed E-state index contributed by atoms with van der Waals surface area (Å²) in [7, 11) is 0. The van der Waals surface area contributed by atoms with Crippen LogP contribution < -0.4 is 0 Å². The van der Waals surface area contributed by atoms with Crippen LogP contribution in [0.5, 0.6) is 0 Å². The molecule has 0 bridgehead atoms. The fourth-order valence-corrected chi connectivity index (χ4v) is 1.93. The third kappa shape index (κ3) is 2.31. The highest BCUT2D eigenvalue weighted by Crippen LogP contribution is 2.18. The summed E-state index contributed by atoms with van der Waals surface area (Å²) in [6, 6.07) is 1.64. The lowest BCUT2D eigenvalue weighted by atomic mass is 10.2. The molecular weight excluding hydrogens is 254 g/mol. The summed E-state index contributed by atoms with van der Waals surface area (Å²) in [6.45, 7) is 5.95. The lowest BCUT2D eigenvalue weighted by Gasteiger charge is -2.04. The number of hydrogen-bond donors (Lipinski definition) is 0. The van der Waals surface area contributed by atoms with Crippen LogP contribution >= 0.6 is 11.6 Å². The third-order valence-corrected chi connectivity index (χ3v) is 2.97. The second kappa shape index (κ2) is 4.94. The average Bonchev–Trinajstić information content (AvgIpc) is 2.57. The molecule has 96 valence electrons. The van der Waals surface area contributed by atoms with Crippen molar-refractivity contribution in [3.63, 3.8) is 0 Å². The third-order valence-electron chi connectivity index (χ3n) is 2.70. The quantitative estimate of drug-likeness (QED) is 0.631. The predicted molar refractivity (Wildman–Crippen MR) is 67.8 cm³/mol. The van der Waals surface area contributed by atoms with Crippen LogP contribution in [0.2, 0.25) is 5.15 Å². The first-order valence-electron chi connectivity index (χ1n) is 5.70. The van der Waals surface area contributed by atoms with E-state index in [1.807, 2.05) is 13.8 Å². The lowest BCUT2D eigenvalue weighted by Crippen LogP contribution is -2.09. The molecule has 6 heteroatoms.